The van der Waals surface area contributed by atoms with Crippen molar-refractivity contribution in [3.63, 3.8) is 0 Å². The Hall–Kier alpha value is -2.30. The van der Waals surface area contributed by atoms with E-state index in [-0.39, 0.29) is 12.3 Å². The number of imide groups is 1. The molecule has 10 heteroatoms. The number of rotatable bonds is 9. The minimum Gasteiger partial charge on any atom is -0.330 e. The van der Waals surface area contributed by atoms with Crippen LogP contribution in [0.15, 0.2) is 18.2 Å². The molecule has 1 aromatic rings. The lowest BCUT2D eigenvalue weighted by Gasteiger charge is -2.29. The molecule has 1 aromatic carbocycles. The maximum atomic E-state index is 13.4. The standard InChI is InChI=1S/C22H31F3N4O3/c1-13(2)14-8-9-18(15(12-14)19(30)22(23,24)25)29(21(32)17-7-5-11-28-17)20(31)16(27)6-3-4-10-26/h8-9,12-13,16-17,28H,3-7,10-11,26-27H2,1-2H3. The second-order valence-corrected chi connectivity index (χ2v) is 8.31. The van der Waals surface area contributed by atoms with Crippen LogP contribution in [0.5, 0.6) is 0 Å². The second-order valence-electron chi connectivity index (χ2n) is 8.31. The van der Waals surface area contributed by atoms with Gasteiger partial charge < -0.3 is 16.8 Å². The molecule has 7 nitrogen and oxygen atoms in total. The largest absolute Gasteiger partial charge is 0.454 e. The number of halogens is 3. The summed E-state index contributed by atoms with van der Waals surface area (Å²) in [5.74, 6) is -3.83. The molecule has 0 saturated carbocycles. The van der Waals surface area contributed by atoms with Crippen LogP contribution in [0, 0.1) is 0 Å². The van der Waals surface area contributed by atoms with Crippen LogP contribution in [-0.4, -0.2) is 48.9 Å². The lowest BCUT2D eigenvalue weighted by atomic mass is 9.96. The second kappa shape index (κ2) is 11.0. The van der Waals surface area contributed by atoms with Crippen molar-refractivity contribution in [3.05, 3.63) is 29.3 Å². The smallest absolute Gasteiger partial charge is 0.330 e. The number of amides is 2. The van der Waals surface area contributed by atoms with Crippen molar-refractivity contribution >= 4 is 23.3 Å². The summed E-state index contributed by atoms with van der Waals surface area (Å²) in [4.78, 5) is 39.4. The van der Waals surface area contributed by atoms with Gasteiger partial charge in [-0.2, -0.15) is 13.2 Å². The Kier molecular flexibility index (Phi) is 8.94. The average Bonchev–Trinajstić information content (AvgIpc) is 3.27. The summed E-state index contributed by atoms with van der Waals surface area (Å²) in [5.41, 5.74) is 10.8. The summed E-state index contributed by atoms with van der Waals surface area (Å²) in [6, 6.07) is 1.99. The molecule has 2 unspecified atom stereocenters. The van der Waals surface area contributed by atoms with E-state index in [1.165, 1.54) is 12.1 Å². The van der Waals surface area contributed by atoms with Crippen LogP contribution in [0.2, 0.25) is 0 Å². The van der Waals surface area contributed by atoms with Crippen LogP contribution in [-0.2, 0) is 9.59 Å². The van der Waals surface area contributed by atoms with Gasteiger partial charge in [-0.1, -0.05) is 26.3 Å². The van der Waals surface area contributed by atoms with Crippen molar-refractivity contribution in [1.29, 1.82) is 0 Å². The van der Waals surface area contributed by atoms with Crippen molar-refractivity contribution in [1.82, 2.24) is 5.32 Å². The van der Waals surface area contributed by atoms with Crippen molar-refractivity contribution in [3.8, 4) is 0 Å². The summed E-state index contributed by atoms with van der Waals surface area (Å²) < 4.78 is 40.2. The molecule has 5 N–H and O–H groups in total. The first-order chi connectivity index (χ1) is 15.0. The molecule has 1 saturated heterocycles. The third kappa shape index (κ3) is 6.14. The predicted octanol–water partition coefficient (Wildman–Crippen LogP) is 2.62. The fourth-order valence-electron chi connectivity index (χ4n) is 3.64. The van der Waals surface area contributed by atoms with Gasteiger partial charge in [0.15, 0.2) is 0 Å². The SMILES string of the molecule is CC(C)c1ccc(N(C(=O)C(N)CCCCN)C(=O)C2CCCN2)c(C(=O)C(F)(F)F)c1. The molecule has 1 heterocycles. The fraction of sp³-hybridized carbons (Fsp3) is 0.591. The van der Waals surface area contributed by atoms with Gasteiger partial charge in [-0.05, 0) is 62.4 Å². The zero-order valence-corrected chi connectivity index (χ0v) is 18.4. The van der Waals surface area contributed by atoms with Gasteiger partial charge in [0.25, 0.3) is 17.6 Å². The number of Topliss-reactive ketones (excluding diaryl/α,β-unsaturated/α-hetero) is 1. The molecular weight excluding hydrogens is 425 g/mol. The first-order valence-corrected chi connectivity index (χ1v) is 10.8. The number of unbranched alkanes of at least 4 members (excludes halogenated alkanes) is 1. The topological polar surface area (TPSA) is 119 Å². The van der Waals surface area contributed by atoms with Gasteiger partial charge in [-0.25, -0.2) is 4.90 Å². The zero-order valence-electron chi connectivity index (χ0n) is 18.4. The van der Waals surface area contributed by atoms with E-state index >= 15 is 0 Å². The lowest BCUT2D eigenvalue weighted by Crippen LogP contribution is -2.53. The predicted molar refractivity (Wildman–Crippen MR) is 115 cm³/mol. The number of alkyl halides is 3. The molecule has 0 aliphatic carbocycles. The van der Waals surface area contributed by atoms with Gasteiger partial charge >= 0.3 is 6.18 Å². The van der Waals surface area contributed by atoms with Gasteiger partial charge in [0.05, 0.1) is 23.3 Å². The highest BCUT2D eigenvalue weighted by atomic mass is 19.4. The van der Waals surface area contributed by atoms with E-state index in [0.29, 0.717) is 49.2 Å². The van der Waals surface area contributed by atoms with E-state index in [0.717, 1.165) is 6.07 Å². The molecule has 0 bridgehead atoms. The van der Waals surface area contributed by atoms with Crippen molar-refractivity contribution in [2.24, 2.45) is 11.5 Å². The highest BCUT2D eigenvalue weighted by Gasteiger charge is 2.43. The van der Waals surface area contributed by atoms with E-state index in [2.05, 4.69) is 5.32 Å². The number of nitrogens with two attached hydrogens (primary N) is 2. The summed E-state index contributed by atoms with van der Waals surface area (Å²) >= 11 is 0. The maximum Gasteiger partial charge on any atom is 0.454 e. The number of anilines is 1. The van der Waals surface area contributed by atoms with Crippen LogP contribution >= 0.6 is 0 Å². The molecule has 2 amide bonds. The number of hydrogen-bond acceptors (Lipinski definition) is 6. The normalized spacial score (nSPS) is 17.4. The molecule has 32 heavy (non-hydrogen) atoms. The lowest BCUT2D eigenvalue weighted by molar-refractivity contribution is -0.128. The summed E-state index contributed by atoms with van der Waals surface area (Å²) in [6.07, 6.45) is -2.71. The molecule has 2 rings (SSSR count). The average molecular weight is 457 g/mol. The Morgan fingerprint density at radius 1 is 1.22 bits per heavy atom. The van der Waals surface area contributed by atoms with Gasteiger partial charge in [0, 0.05) is 0 Å². The fourth-order valence-corrected chi connectivity index (χ4v) is 3.64. The Labute approximate surface area is 185 Å². The summed E-state index contributed by atoms with van der Waals surface area (Å²) in [5, 5.41) is 2.95. The quantitative estimate of drug-likeness (QED) is 0.388. The van der Waals surface area contributed by atoms with Crippen LogP contribution in [0.4, 0.5) is 18.9 Å². The third-order valence-electron chi connectivity index (χ3n) is 5.52. The third-order valence-corrected chi connectivity index (χ3v) is 5.52. The molecule has 1 aliphatic heterocycles. The van der Waals surface area contributed by atoms with Crippen LogP contribution < -0.4 is 21.7 Å². The van der Waals surface area contributed by atoms with Crippen molar-refractivity contribution < 1.29 is 27.6 Å². The van der Waals surface area contributed by atoms with Gasteiger partial charge in [0.1, 0.15) is 0 Å². The van der Waals surface area contributed by atoms with Crippen LogP contribution in [0.25, 0.3) is 0 Å². The molecule has 0 radical (unpaired) electrons. The Morgan fingerprint density at radius 2 is 1.91 bits per heavy atom. The number of ketones is 1. The number of nitrogens with zero attached hydrogens (tertiary/aromatic N) is 1. The van der Waals surface area contributed by atoms with Gasteiger partial charge in [0.2, 0.25) is 0 Å². The summed E-state index contributed by atoms with van der Waals surface area (Å²) in [6.45, 7) is 4.47. The monoisotopic (exact) mass is 456 g/mol. The zero-order chi connectivity index (χ0) is 24.1. The van der Waals surface area contributed by atoms with Gasteiger partial charge in [-0.3, -0.25) is 14.4 Å². The minimum absolute atomic E-state index is 0.168. The highest BCUT2D eigenvalue weighted by molar-refractivity contribution is 6.21. The van der Waals surface area contributed by atoms with Crippen molar-refractivity contribution in [2.75, 3.05) is 18.0 Å². The first-order valence-electron chi connectivity index (χ1n) is 10.8. The number of carbonyl (C=O) groups excluding carboxylic acids is 3. The molecule has 2 atom stereocenters. The van der Waals surface area contributed by atoms with E-state index in [9.17, 15) is 27.6 Å². The number of carbonyl (C=O) groups is 3. The molecule has 1 fully saturated rings. The van der Waals surface area contributed by atoms with E-state index in [1.54, 1.807) is 13.8 Å². The number of benzene rings is 1. The number of hydrogen-bond donors (Lipinski definition) is 3. The van der Waals surface area contributed by atoms with Crippen molar-refractivity contribution in [2.45, 2.75) is 70.1 Å². The van der Waals surface area contributed by atoms with E-state index in [4.69, 9.17) is 11.5 Å². The highest BCUT2D eigenvalue weighted by Crippen LogP contribution is 2.32. The van der Waals surface area contributed by atoms with Crippen LogP contribution in [0.1, 0.15) is 67.8 Å². The Morgan fingerprint density at radius 3 is 2.44 bits per heavy atom. The summed E-state index contributed by atoms with van der Waals surface area (Å²) in [7, 11) is 0. The maximum absolute atomic E-state index is 13.4. The minimum atomic E-state index is -5.17. The molecule has 1 aliphatic rings. The van der Waals surface area contributed by atoms with E-state index < -0.39 is 47.1 Å². The first kappa shape index (κ1) is 26.0. The van der Waals surface area contributed by atoms with E-state index in [1.807, 2.05) is 0 Å². The Balaban J connectivity index is 2.57. The number of nitrogens with one attached hydrogen (secondary N) is 1. The van der Waals surface area contributed by atoms with Crippen LogP contribution in [0.3, 0.4) is 0 Å². The molecule has 0 spiro atoms. The molecule has 0 aromatic heterocycles. The van der Waals surface area contributed by atoms with Gasteiger partial charge in [-0.15, -0.1) is 0 Å². The molecular formula is C22H31F3N4O3. The molecule has 178 valence electrons. The Bertz CT molecular complexity index is 836.